The maximum atomic E-state index is 5.20. The lowest BCUT2D eigenvalue weighted by atomic mass is 10.1. The third-order valence-corrected chi connectivity index (χ3v) is 6.66. The van der Waals surface area contributed by atoms with Crippen LogP contribution in [-0.2, 0) is 4.74 Å². The molecular weight excluding hydrogens is 434 g/mol. The first-order valence-electron chi connectivity index (χ1n) is 11.1. The standard InChI is InChI=1S/C24H27N7OS/c1-17-15-18(5-7-25-17)20-3-4-21-23(27-20)33-24(28-21)29-22-16-19(6-8-26-22)31-11-9-30(10-12-31)13-14-32-2/h3-8,15-16H,9-14H2,1-2H3,(H,26,28,29). The first-order valence-corrected chi connectivity index (χ1v) is 11.9. The SMILES string of the molecule is COCCN1CCN(c2ccnc(Nc3nc4ccc(-c5ccnc(C)c5)nc4s3)c2)CC1. The van der Waals surface area contributed by atoms with Crippen LogP contribution in [0.25, 0.3) is 21.6 Å². The lowest BCUT2D eigenvalue weighted by Crippen LogP contribution is -2.47. The van der Waals surface area contributed by atoms with Gasteiger partial charge in [-0.2, -0.15) is 0 Å². The Morgan fingerprint density at radius 3 is 2.67 bits per heavy atom. The summed E-state index contributed by atoms with van der Waals surface area (Å²) in [7, 11) is 1.75. The third-order valence-electron chi connectivity index (χ3n) is 5.78. The van der Waals surface area contributed by atoms with Crippen molar-refractivity contribution in [2.45, 2.75) is 6.92 Å². The van der Waals surface area contributed by atoms with Gasteiger partial charge in [-0.1, -0.05) is 11.3 Å². The third kappa shape index (κ3) is 5.11. The molecule has 170 valence electrons. The average molecular weight is 462 g/mol. The van der Waals surface area contributed by atoms with Gasteiger partial charge in [-0.05, 0) is 37.3 Å². The Morgan fingerprint density at radius 2 is 1.85 bits per heavy atom. The Balaban J connectivity index is 1.29. The van der Waals surface area contributed by atoms with Crippen molar-refractivity contribution in [2.24, 2.45) is 0 Å². The predicted molar refractivity (Wildman–Crippen MR) is 133 cm³/mol. The van der Waals surface area contributed by atoms with Crippen molar-refractivity contribution >= 4 is 38.3 Å². The number of aryl methyl sites for hydroxylation is 1. The van der Waals surface area contributed by atoms with Crippen molar-refractivity contribution in [3.8, 4) is 11.3 Å². The summed E-state index contributed by atoms with van der Waals surface area (Å²) < 4.78 is 5.20. The van der Waals surface area contributed by atoms with Gasteiger partial charge < -0.3 is 15.0 Å². The van der Waals surface area contributed by atoms with Crippen LogP contribution in [0.15, 0.2) is 48.8 Å². The molecule has 33 heavy (non-hydrogen) atoms. The first-order chi connectivity index (χ1) is 16.2. The van der Waals surface area contributed by atoms with Crippen LogP contribution in [0.5, 0.6) is 0 Å². The fourth-order valence-electron chi connectivity index (χ4n) is 3.98. The second kappa shape index (κ2) is 9.78. The second-order valence-corrected chi connectivity index (χ2v) is 9.05. The number of aromatic nitrogens is 4. The minimum absolute atomic E-state index is 0.782. The molecule has 0 bridgehead atoms. The Hall–Kier alpha value is -3.14. The van der Waals surface area contributed by atoms with E-state index in [2.05, 4.69) is 37.2 Å². The van der Waals surface area contributed by atoms with Crippen molar-refractivity contribution in [1.82, 2.24) is 24.8 Å². The van der Waals surface area contributed by atoms with Gasteiger partial charge in [0.05, 0.1) is 12.3 Å². The molecule has 9 heteroatoms. The Bertz CT molecular complexity index is 1240. The number of rotatable bonds is 7. The molecule has 4 aromatic rings. The Kier molecular flexibility index (Phi) is 6.43. The fourth-order valence-corrected chi connectivity index (χ4v) is 4.83. The molecule has 0 unspecified atom stereocenters. The number of piperazine rings is 1. The van der Waals surface area contributed by atoms with Crippen molar-refractivity contribution < 1.29 is 4.74 Å². The molecule has 5 heterocycles. The summed E-state index contributed by atoms with van der Waals surface area (Å²) in [5.74, 6) is 0.790. The number of nitrogens with zero attached hydrogens (tertiary/aromatic N) is 6. The first kappa shape index (κ1) is 21.7. The van der Waals surface area contributed by atoms with Gasteiger partial charge in [0.15, 0.2) is 5.13 Å². The number of nitrogens with one attached hydrogen (secondary N) is 1. The maximum absolute atomic E-state index is 5.20. The molecule has 4 aromatic heterocycles. The van der Waals surface area contributed by atoms with Gasteiger partial charge in [-0.25, -0.2) is 15.0 Å². The molecular formula is C24H27N7OS. The average Bonchev–Trinajstić information content (AvgIpc) is 3.24. The number of hydrogen-bond acceptors (Lipinski definition) is 9. The molecule has 5 rings (SSSR count). The van der Waals surface area contributed by atoms with Gasteiger partial charge in [0.1, 0.15) is 16.2 Å². The predicted octanol–water partition coefficient (Wildman–Crippen LogP) is 3.97. The quantitative estimate of drug-likeness (QED) is 0.443. The van der Waals surface area contributed by atoms with E-state index in [0.29, 0.717) is 0 Å². The summed E-state index contributed by atoms with van der Waals surface area (Å²) in [6, 6.07) is 12.2. The van der Waals surface area contributed by atoms with E-state index in [-0.39, 0.29) is 0 Å². The molecule has 0 saturated carbocycles. The highest BCUT2D eigenvalue weighted by atomic mass is 32.1. The van der Waals surface area contributed by atoms with E-state index in [0.717, 1.165) is 77.6 Å². The Labute approximate surface area is 197 Å². The summed E-state index contributed by atoms with van der Waals surface area (Å²) in [6.07, 6.45) is 3.67. The topological polar surface area (TPSA) is 79.3 Å². The molecule has 1 aliphatic rings. The van der Waals surface area contributed by atoms with Crippen LogP contribution < -0.4 is 10.2 Å². The summed E-state index contributed by atoms with van der Waals surface area (Å²) in [6.45, 7) is 7.82. The van der Waals surface area contributed by atoms with Gasteiger partial charge in [-0.3, -0.25) is 9.88 Å². The number of fused-ring (bicyclic) bond motifs is 1. The van der Waals surface area contributed by atoms with E-state index in [1.54, 1.807) is 7.11 Å². The molecule has 1 fully saturated rings. The molecule has 0 spiro atoms. The van der Waals surface area contributed by atoms with Crippen LogP contribution in [0.3, 0.4) is 0 Å². The van der Waals surface area contributed by atoms with Crippen molar-refractivity contribution in [2.75, 3.05) is 56.7 Å². The highest BCUT2D eigenvalue weighted by Gasteiger charge is 2.17. The molecule has 8 nitrogen and oxygen atoms in total. The molecule has 1 saturated heterocycles. The van der Waals surface area contributed by atoms with Crippen LogP contribution >= 0.6 is 11.3 Å². The van der Waals surface area contributed by atoms with Gasteiger partial charge in [0, 0.05) is 75.2 Å². The van der Waals surface area contributed by atoms with Crippen molar-refractivity contribution in [1.29, 1.82) is 0 Å². The number of methoxy groups -OCH3 is 1. The number of pyridine rings is 3. The van der Waals surface area contributed by atoms with E-state index in [1.165, 1.54) is 17.0 Å². The van der Waals surface area contributed by atoms with Crippen LogP contribution in [0.1, 0.15) is 5.69 Å². The monoisotopic (exact) mass is 461 g/mol. The van der Waals surface area contributed by atoms with Gasteiger partial charge in [0.2, 0.25) is 0 Å². The summed E-state index contributed by atoms with van der Waals surface area (Å²) in [5, 5.41) is 4.16. The lowest BCUT2D eigenvalue weighted by molar-refractivity contribution is 0.144. The minimum atomic E-state index is 0.782. The van der Waals surface area contributed by atoms with E-state index in [4.69, 9.17) is 14.7 Å². The maximum Gasteiger partial charge on any atom is 0.190 e. The van der Waals surface area contributed by atoms with Gasteiger partial charge in [0.25, 0.3) is 0 Å². The van der Waals surface area contributed by atoms with Crippen molar-refractivity contribution in [3.05, 3.63) is 54.5 Å². The second-order valence-electron chi connectivity index (χ2n) is 8.07. The molecule has 0 amide bonds. The smallest absolute Gasteiger partial charge is 0.190 e. The molecule has 1 N–H and O–H groups in total. The zero-order valence-corrected chi connectivity index (χ0v) is 19.7. The van der Waals surface area contributed by atoms with Gasteiger partial charge >= 0.3 is 0 Å². The lowest BCUT2D eigenvalue weighted by Gasteiger charge is -2.36. The van der Waals surface area contributed by atoms with Crippen LogP contribution in [0.4, 0.5) is 16.6 Å². The zero-order chi connectivity index (χ0) is 22.6. The molecule has 1 aliphatic heterocycles. The highest BCUT2D eigenvalue weighted by Crippen LogP contribution is 2.30. The number of anilines is 3. The number of hydrogen-bond donors (Lipinski definition) is 1. The molecule has 0 aromatic carbocycles. The van der Waals surface area contributed by atoms with E-state index < -0.39 is 0 Å². The molecule has 0 atom stereocenters. The highest BCUT2D eigenvalue weighted by molar-refractivity contribution is 7.21. The minimum Gasteiger partial charge on any atom is -0.383 e. The summed E-state index contributed by atoms with van der Waals surface area (Å²) >= 11 is 1.53. The molecule has 0 radical (unpaired) electrons. The number of thiazole rings is 1. The normalized spacial score (nSPS) is 14.7. The fraction of sp³-hybridized carbons (Fsp3) is 0.333. The van der Waals surface area contributed by atoms with Crippen LogP contribution in [-0.4, -0.2) is 71.3 Å². The zero-order valence-electron chi connectivity index (χ0n) is 18.9. The summed E-state index contributed by atoms with van der Waals surface area (Å²) in [4.78, 5) is 24.0. The van der Waals surface area contributed by atoms with Crippen LogP contribution in [0, 0.1) is 6.92 Å². The largest absolute Gasteiger partial charge is 0.383 e. The Morgan fingerprint density at radius 1 is 1.00 bits per heavy atom. The number of ether oxygens (including phenoxy) is 1. The van der Waals surface area contributed by atoms with Crippen molar-refractivity contribution in [3.63, 3.8) is 0 Å². The van der Waals surface area contributed by atoms with E-state index in [9.17, 15) is 0 Å². The van der Waals surface area contributed by atoms with Gasteiger partial charge in [-0.15, -0.1) is 0 Å². The van der Waals surface area contributed by atoms with Crippen LogP contribution in [0.2, 0.25) is 0 Å². The van der Waals surface area contributed by atoms with E-state index >= 15 is 0 Å². The summed E-state index contributed by atoms with van der Waals surface area (Å²) in [5.41, 5.74) is 5.01. The van der Waals surface area contributed by atoms with E-state index in [1.807, 2.05) is 43.6 Å². The molecule has 0 aliphatic carbocycles.